The number of anilines is 2. The van der Waals surface area contributed by atoms with Crippen molar-refractivity contribution in [3.05, 3.63) is 94.3 Å². The molecule has 13 nitrogen and oxygen atoms in total. The number of nitro groups is 1. The number of rotatable bonds is 9. The van der Waals surface area contributed by atoms with Crippen LogP contribution in [0.1, 0.15) is 5.56 Å². The SMILES string of the molecule is O=C(OCc1ccccc1)N1CCN(c2ccc(N3C[C@H](COS(=O)(=O)c4cccc([N+](=O)[O-])c4)OC3=O)cc2F)CC1. The van der Waals surface area contributed by atoms with Crippen LogP contribution in [0, 0.1) is 15.9 Å². The highest BCUT2D eigenvalue weighted by Crippen LogP contribution is 2.29. The van der Waals surface area contributed by atoms with E-state index < -0.39 is 56.3 Å². The highest BCUT2D eigenvalue weighted by Gasteiger charge is 2.35. The van der Waals surface area contributed by atoms with E-state index in [0.717, 1.165) is 28.7 Å². The van der Waals surface area contributed by atoms with Gasteiger partial charge in [-0.2, -0.15) is 8.42 Å². The first-order valence-corrected chi connectivity index (χ1v) is 14.6. The molecule has 0 N–H and O–H groups in total. The third kappa shape index (κ3) is 7.01. The molecule has 0 aromatic heterocycles. The van der Waals surface area contributed by atoms with Gasteiger partial charge in [0.2, 0.25) is 0 Å². The van der Waals surface area contributed by atoms with Crippen LogP contribution in [-0.4, -0.2) is 75.9 Å². The fourth-order valence-corrected chi connectivity index (χ4v) is 5.64. The van der Waals surface area contributed by atoms with Crippen LogP contribution in [0.5, 0.6) is 0 Å². The number of carbonyl (C=O) groups is 2. The minimum Gasteiger partial charge on any atom is -0.445 e. The topological polar surface area (TPSA) is 149 Å². The lowest BCUT2D eigenvalue weighted by molar-refractivity contribution is -0.385. The first-order chi connectivity index (χ1) is 20.6. The molecule has 43 heavy (non-hydrogen) atoms. The maximum absolute atomic E-state index is 15.2. The summed E-state index contributed by atoms with van der Waals surface area (Å²) in [5.41, 5.74) is 0.967. The van der Waals surface area contributed by atoms with E-state index in [1.165, 1.54) is 18.2 Å². The maximum atomic E-state index is 15.2. The molecule has 2 saturated heterocycles. The summed E-state index contributed by atoms with van der Waals surface area (Å²) < 4.78 is 55.7. The molecule has 3 aromatic rings. The number of non-ortho nitro benzene ring substituents is 1. The Kier molecular flexibility index (Phi) is 8.73. The molecule has 0 saturated carbocycles. The normalized spacial score (nSPS) is 17.1. The van der Waals surface area contributed by atoms with Crippen LogP contribution in [0.25, 0.3) is 0 Å². The number of amides is 2. The molecule has 2 heterocycles. The number of piperazine rings is 1. The number of ether oxygens (including phenoxy) is 2. The lowest BCUT2D eigenvalue weighted by atomic mass is 10.2. The predicted octanol–water partition coefficient (Wildman–Crippen LogP) is 3.92. The molecule has 1 atom stereocenters. The number of cyclic esters (lactones) is 1. The van der Waals surface area contributed by atoms with E-state index >= 15 is 4.39 Å². The van der Waals surface area contributed by atoms with Crippen LogP contribution in [-0.2, 0) is 30.4 Å². The minimum absolute atomic E-state index is 0.105. The van der Waals surface area contributed by atoms with Crippen LogP contribution < -0.4 is 9.80 Å². The average molecular weight is 615 g/mol. The van der Waals surface area contributed by atoms with Gasteiger partial charge in [-0.05, 0) is 29.8 Å². The van der Waals surface area contributed by atoms with E-state index in [9.17, 15) is 28.1 Å². The minimum atomic E-state index is -4.37. The zero-order valence-electron chi connectivity index (χ0n) is 22.7. The summed E-state index contributed by atoms with van der Waals surface area (Å²) in [5, 5.41) is 10.9. The molecule has 3 aromatic carbocycles. The van der Waals surface area contributed by atoms with E-state index in [2.05, 4.69) is 0 Å². The van der Waals surface area contributed by atoms with Gasteiger partial charge >= 0.3 is 12.2 Å². The maximum Gasteiger partial charge on any atom is 0.414 e. The Morgan fingerprint density at radius 3 is 2.47 bits per heavy atom. The summed E-state index contributed by atoms with van der Waals surface area (Å²) in [6.07, 6.45) is -2.24. The third-order valence-corrected chi connectivity index (χ3v) is 8.20. The molecule has 0 spiro atoms. The number of benzene rings is 3. The summed E-state index contributed by atoms with van der Waals surface area (Å²) in [6, 6.07) is 17.9. The van der Waals surface area contributed by atoms with Crippen molar-refractivity contribution in [3.8, 4) is 0 Å². The quantitative estimate of drug-likeness (QED) is 0.197. The van der Waals surface area contributed by atoms with Crippen molar-refractivity contribution >= 4 is 39.4 Å². The summed E-state index contributed by atoms with van der Waals surface area (Å²) >= 11 is 0. The third-order valence-electron chi connectivity index (χ3n) is 6.93. The highest BCUT2D eigenvalue weighted by atomic mass is 32.2. The Bertz CT molecular complexity index is 1620. The van der Waals surface area contributed by atoms with Crippen molar-refractivity contribution in [1.29, 1.82) is 0 Å². The van der Waals surface area contributed by atoms with Gasteiger partial charge in [0.05, 0.1) is 22.8 Å². The molecule has 0 bridgehead atoms. The van der Waals surface area contributed by atoms with Crippen LogP contribution in [0.4, 0.5) is 31.0 Å². The lowest BCUT2D eigenvalue weighted by Crippen LogP contribution is -2.49. The monoisotopic (exact) mass is 614 g/mol. The van der Waals surface area contributed by atoms with Gasteiger partial charge in [0.15, 0.2) is 0 Å². The van der Waals surface area contributed by atoms with Gasteiger partial charge in [-0.3, -0.25) is 19.2 Å². The van der Waals surface area contributed by atoms with Gasteiger partial charge in [-0.1, -0.05) is 36.4 Å². The predicted molar refractivity (Wildman–Crippen MR) is 151 cm³/mol. The van der Waals surface area contributed by atoms with Gasteiger partial charge in [0.1, 0.15) is 30.0 Å². The first-order valence-electron chi connectivity index (χ1n) is 13.2. The molecule has 226 valence electrons. The van der Waals surface area contributed by atoms with Crippen molar-refractivity contribution in [2.75, 3.05) is 49.1 Å². The van der Waals surface area contributed by atoms with Crippen molar-refractivity contribution in [2.45, 2.75) is 17.6 Å². The van der Waals surface area contributed by atoms with Crippen molar-refractivity contribution < 1.29 is 41.0 Å². The largest absolute Gasteiger partial charge is 0.445 e. The second-order valence-corrected chi connectivity index (χ2v) is 11.4. The molecule has 5 rings (SSSR count). The van der Waals surface area contributed by atoms with Gasteiger partial charge in [0.25, 0.3) is 15.8 Å². The van der Waals surface area contributed by atoms with Crippen molar-refractivity contribution in [2.24, 2.45) is 0 Å². The standard InChI is InChI=1S/C28H27FN4O9S/c29-25-16-21(9-10-26(25)30-11-13-31(14-12-30)27(34)40-18-20-5-2-1-3-6-20)32-17-23(42-28(32)35)19-41-43(38,39)24-8-4-7-22(15-24)33(36)37/h1-10,15-16,23H,11-14,17-19H2/t23-/m1/s1. The smallest absolute Gasteiger partial charge is 0.414 e. The summed E-state index contributed by atoms with van der Waals surface area (Å²) in [5.74, 6) is -0.585. The van der Waals surface area contributed by atoms with Crippen LogP contribution >= 0.6 is 0 Å². The van der Waals surface area contributed by atoms with E-state index in [-0.39, 0.29) is 18.8 Å². The summed E-state index contributed by atoms with van der Waals surface area (Å²) in [7, 11) is -4.37. The number of nitrogens with zero attached hydrogens (tertiary/aromatic N) is 4. The molecule has 2 fully saturated rings. The molecule has 2 aliphatic rings. The molecular formula is C28H27FN4O9S. The Morgan fingerprint density at radius 1 is 1.02 bits per heavy atom. The molecule has 0 radical (unpaired) electrons. The highest BCUT2D eigenvalue weighted by molar-refractivity contribution is 7.86. The molecule has 0 unspecified atom stereocenters. The van der Waals surface area contributed by atoms with E-state index in [0.29, 0.717) is 31.9 Å². The Balaban J connectivity index is 1.14. The first kappa shape index (κ1) is 29.7. The van der Waals surface area contributed by atoms with Crippen LogP contribution in [0.15, 0.2) is 77.7 Å². The van der Waals surface area contributed by atoms with Gasteiger partial charge in [-0.25, -0.2) is 14.0 Å². The molecule has 0 aliphatic carbocycles. The van der Waals surface area contributed by atoms with Gasteiger partial charge < -0.3 is 19.3 Å². The molecule has 2 amide bonds. The number of hydrogen-bond acceptors (Lipinski definition) is 10. The van der Waals surface area contributed by atoms with Gasteiger partial charge in [0, 0.05) is 38.3 Å². The number of halogens is 1. The number of carbonyl (C=O) groups excluding carboxylic acids is 2. The zero-order chi connectivity index (χ0) is 30.6. The molecule has 15 heteroatoms. The average Bonchev–Trinajstić information content (AvgIpc) is 3.40. The van der Waals surface area contributed by atoms with Crippen LogP contribution in [0.3, 0.4) is 0 Å². The zero-order valence-corrected chi connectivity index (χ0v) is 23.5. The Hall–Kier alpha value is -4.76. The Labute approximate surface area is 246 Å². The van der Waals surface area contributed by atoms with Crippen LogP contribution in [0.2, 0.25) is 0 Å². The fraction of sp³-hybridized carbons (Fsp3) is 0.286. The van der Waals surface area contributed by atoms with Crippen molar-refractivity contribution in [3.63, 3.8) is 0 Å². The molecular weight excluding hydrogens is 587 g/mol. The fourth-order valence-electron chi connectivity index (χ4n) is 4.67. The van der Waals surface area contributed by atoms with E-state index in [4.69, 9.17) is 13.7 Å². The number of hydrogen-bond donors (Lipinski definition) is 0. The molecule has 2 aliphatic heterocycles. The van der Waals surface area contributed by atoms with E-state index in [1.54, 1.807) is 15.9 Å². The van der Waals surface area contributed by atoms with Crippen molar-refractivity contribution in [1.82, 2.24) is 4.90 Å². The summed E-state index contributed by atoms with van der Waals surface area (Å²) in [4.78, 5) is 39.2. The lowest BCUT2D eigenvalue weighted by Gasteiger charge is -2.35. The number of nitro benzene ring substituents is 1. The summed E-state index contributed by atoms with van der Waals surface area (Å²) in [6.45, 7) is 0.956. The van der Waals surface area contributed by atoms with E-state index in [1.807, 2.05) is 30.3 Å². The Morgan fingerprint density at radius 2 is 1.77 bits per heavy atom. The second kappa shape index (κ2) is 12.6. The second-order valence-electron chi connectivity index (χ2n) is 9.76. The van der Waals surface area contributed by atoms with Gasteiger partial charge in [-0.15, -0.1) is 0 Å².